The van der Waals surface area contributed by atoms with Gasteiger partial charge in [-0.05, 0) is 43.5 Å². The molecule has 2 aromatic carbocycles. The number of unbranched alkanes of at least 4 members (excludes halogenated alkanes) is 5. The van der Waals surface area contributed by atoms with Crippen LogP contribution in [0.4, 0.5) is 11.4 Å². The molecular formula is C23H34N+. The van der Waals surface area contributed by atoms with E-state index in [9.17, 15) is 0 Å². The van der Waals surface area contributed by atoms with Gasteiger partial charge in [0.2, 0.25) is 0 Å². The Kier molecular flexibility index (Phi) is 8.04. The molecule has 2 rings (SSSR count). The monoisotopic (exact) mass is 324 g/mol. The van der Waals surface area contributed by atoms with E-state index in [-0.39, 0.29) is 0 Å². The van der Waals surface area contributed by atoms with Gasteiger partial charge in [0, 0.05) is 0 Å². The normalized spacial score (nSPS) is 11.6. The van der Waals surface area contributed by atoms with E-state index in [0.29, 0.717) is 0 Å². The molecule has 2 aromatic rings. The zero-order valence-electron chi connectivity index (χ0n) is 15.6. The van der Waals surface area contributed by atoms with Crippen molar-refractivity contribution < 1.29 is 0 Å². The molecule has 0 aromatic heterocycles. The van der Waals surface area contributed by atoms with Gasteiger partial charge in [-0.15, -0.1) is 0 Å². The van der Waals surface area contributed by atoms with Crippen LogP contribution in [0.15, 0.2) is 60.7 Å². The van der Waals surface area contributed by atoms with E-state index in [0.717, 1.165) is 4.48 Å². The van der Waals surface area contributed by atoms with E-state index in [1.807, 2.05) is 0 Å². The fourth-order valence-corrected chi connectivity index (χ4v) is 3.75. The maximum atomic E-state index is 2.31. The van der Waals surface area contributed by atoms with Gasteiger partial charge in [0.25, 0.3) is 0 Å². The zero-order chi connectivity index (χ0) is 17.1. The van der Waals surface area contributed by atoms with Crippen LogP contribution in [-0.2, 0) is 0 Å². The highest BCUT2D eigenvalue weighted by atomic mass is 15.4. The van der Waals surface area contributed by atoms with Crippen molar-refractivity contribution in [3.63, 3.8) is 0 Å². The van der Waals surface area contributed by atoms with E-state index >= 15 is 0 Å². The summed E-state index contributed by atoms with van der Waals surface area (Å²) in [7, 11) is 0. The Balaban J connectivity index is 2.19. The highest BCUT2D eigenvalue weighted by Crippen LogP contribution is 2.35. The second-order valence-corrected chi connectivity index (χ2v) is 6.85. The van der Waals surface area contributed by atoms with Crippen molar-refractivity contribution in [3.05, 3.63) is 60.7 Å². The van der Waals surface area contributed by atoms with Gasteiger partial charge in [-0.2, -0.15) is 0 Å². The van der Waals surface area contributed by atoms with Crippen LogP contribution in [0, 0.1) is 0 Å². The predicted octanol–water partition coefficient (Wildman–Crippen LogP) is 7.10. The molecule has 0 heterocycles. The first-order chi connectivity index (χ1) is 11.8. The van der Waals surface area contributed by atoms with Gasteiger partial charge in [-0.25, -0.2) is 0 Å². The van der Waals surface area contributed by atoms with Crippen molar-refractivity contribution in [3.8, 4) is 0 Å². The summed E-state index contributed by atoms with van der Waals surface area (Å²) in [5, 5.41) is 0. The maximum absolute atomic E-state index is 2.31. The van der Waals surface area contributed by atoms with Gasteiger partial charge in [-0.3, -0.25) is 4.48 Å². The van der Waals surface area contributed by atoms with Crippen molar-refractivity contribution in [1.29, 1.82) is 0 Å². The number of quaternary nitrogens is 1. The fourth-order valence-electron chi connectivity index (χ4n) is 3.75. The molecule has 0 amide bonds. The third kappa shape index (κ3) is 4.95. The van der Waals surface area contributed by atoms with Crippen molar-refractivity contribution in [2.75, 3.05) is 13.1 Å². The van der Waals surface area contributed by atoms with E-state index < -0.39 is 0 Å². The Morgan fingerprint density at radius 3 is 1.54 bits per heavy atom. The van der Waals surface area contributed by atoms with Gasteiger partial charge in [0.15, 0.2) is 0 Å². The number of rotatable bonds is 11. The first-order valence-corrected chi connectivity index (χ1v) is 9.82. The quantitative estimate of drug-likeness (QED) is 0.305. The SMILES string of the molecule is CCCCCCCC[N+](CCC)(c1ccccc1)c1ccccc1. The molecule has 0 aliphatic heterocycles. The molecular weight excluding hydrogens is 290 g/mol. The number of benzene rings is 2. The van der Waals surface area contributed by atoms with Gasteiger partial charge < -0.3 is 0 Å². The first-order valence-electron chi connectivity index (χ1n) is 9.82. The van der Waals surface area contributed by atoms with Gasteiger partial charge in [0.1, 0.15) is 11.4 Å². The molecule has 0 radical (unpaired) electrons. The van der Waals surface area contributed by atoms with Crippen LogP contribution in [0.1, 0.15) is 58.8 Å². The minimum Gasteiger partial charge on any atom is -0.259 e. The fraction of sp³-hybridized carbons (Fsp3) is 0.478. The smallest absolute Gasteiger partial charge is 0.137 e. The van der Waals surface area contributed by atoms with Crippen molar-refractivity contribution in [2.45, 2.75) is 58.8 Å². The van der Waals surface area contributed by atoms with Crippen molar-refractivity contribution in [2.24, 2.45) is 0 Å². The standard InChI is InChI=1S/C23H34N/c1-3-5-6-7-8-15-21-24(20-4-2,22-16-11-9-12-17-22)23-18-13-10-14-19-23/h9-14,16-19H,3-8,15,20-21H2,1-2H3/q+1. The van der Waals surface area contributed by atoms with Crippen LogP contribution < -0.4 is 4.48 Å². The Morgan fingerprint density at radius 1 is 0.542 bits per heavy atom. The molecule has 24 heavy (non-hydrogen) atoms. The molecule has 0 saturated carbocycles. The van der Waals surface area contributed by atoms with Crippen LogP contribution in [0.25, 0.3) is 0 Å². The Hall–Kier alpha value is -1.60. The molecule has 0 aliphatic carbocycles. The second-order valence-electron chi connectivity index (χ2n) is 6.85. The van der Waals surface area contributed by atoms with E-state index in [2.05, 4.69) is 74.5 Å². The highest BCUT2D eigenvalue weighted by molar-refractivity contribution is 5.58. The lowest BCUT2D eigenvalue weighted by Crippen LogP contribution is -2.45. The summed E-state index contributed by atoms with van der Waals surface area (Å²) in [6, 6.07) is 22.2. The van der Waals surface area contributed by atoms with Gasteiger partial charge >= 0.3 is 0 Å². The summed E-state index contributed by atoms with van der Waals surface area (Å²) in [6.07, 6.45) is 9.32. The highest BCUT2D eigenvalue weighted by Gasteiger charge is 2.31. The Bertz CT molecular complexity index is 507. The molecule has 1 heteroatoms. The number of hydrogen-bond donors (Lipinski definition) is 0. The molecule has 0 N–H and O–H groups in total. The van der Waals surface area contributed by atoms with Crippen molar-refractivity contribution >= 4 is 11.4 Å². The molecule has 0 spiro atoms. The molecule has 0 bridgehead atoms. The lowest BCUT2D eigenvalue weighted by atomic mass is 10.1. The van der Waals surface area contributed by atoms with Crippen LogP contribution in [0.2, 0.25) is 0 Å². The second kappa shape index (κ2) is 10.3. The largest absolute Gasteiger partial charge is 0.259 e. The molecule has 1 nitrogen and oxygen atoms in total. The van der Waals surface area contributed by atoms with E-state index in [4.69, 9.17) is 0 Å². The molecule has 0 aliphatic rings. The minimum absolute atomic E-state index is 0.992. The minimum atomic E-state index is 0.992. The first kappa shape index (κ1) is 18.7. The summed E-state index contributed by atoms with van der Waals surface area (Å²) in [5.74, 6) is 0. The zero-order valence-corrected chi connectivity index (χ0v) is 15.6. The third-order valence-corrected chi connectivity index (χ3v) is 5.00. The number of hydrogen-bond acceptors (Lipinski definition) is 0. The predicted molar refractivity (Wildman–Crippen MR) is 108 cm³/mol. The molecule has 0 atom stereocenters. The van der Waals surface area contributed by atoms with Crippen LogP contribution in [0.3, 0.4) is 0 Å². The van der Waals surface area contributed by atoms with Crippen molar-refractivity contribution in [1.82, 2.24) is 4.48 Å². The average Bonchev–Trinajstić information content (AvgIpc) is 2.65. The van der Waals surface area contributed by atoms with Crippen LogP contribution in [-0.4, -0.2) is 13.1 Å². The topological polar surface area (TPSA) is 0 Å². The molecule has 0 saturated heterocycles. The summed E-state index contributed by atoms with van der Waals surface area (Å²) < 4.78 is 0.992. The van der Waals surface area contributed by atoms with Crippen LogP contribution >= 0.6 is 0 Å². The maximum Gasteiger partial charge on any atom is 0.137 e. The van der Waals surface area contributed by atoms with E-state index in [1.54, 1.807) is 0 Å². The number of para-hydroxylation sites is 2. The molecule has 0 unspecified atom stereocenters. The van der Waals surface area contributed by atoms with E-state index in [1.165, 1.54) is 69.4 Å². The lowest BCUT2D eigenvalue weighted by molar-refractivity contribution is 0.366. The number of nitrogens with zero attached hydrogens (tertiary/aromatic N) is 1. The third-order valence-electron chi connectivity index (χ3n) is 5.00. The van der Waals surface area contributed by atoms with Gasteiger partial charge in [0.05, 0.1) is 13.1 Å². The molecule has 130 valence electrons. The average molecular weight is 325 g/mol. The summed E-state index contributed by atoms with van der Waals surface area (Å²) >= 11 is 0. The summed E-state index contributed by atoms with van der Waals surface area (Å²) in [5.41, 5.74) is 2.86. The Labute approximate surface area is 148 Å². The Morgan fingerprint density at radius 2 is 1.04 bits per heavy atom. The molecule has 0 fully saturated rings. The van der Waals surface area contributed by atoms with Gasteiger partial charge in [-0.1, -0.05) is 75.9 Å². The lowest BCUT2D eigenvalue weighted by Gasteiger charge is -2.38. The summed E-state index contributed by atoms with van der Waals surface area (Å²) in [6.45, 7) is 6.96. The summed E-state index contributed by atoms with van der Waals surface area (Å²) in [4.78, 5) is 0. The van der Waals surface area contributed by atoms with Crippen LogP contribution in [0.5, 0.6) is 0 Å².